The van der Waals surface area contributed by atoms with Crippen molar-refractivity contribution in [3.63, 3.8) is 0 Å². The number of ether oxygens (including phenoxy) is 1. The monoisotopic (exact) mass is 341 g/mol. The molecule has 3 rings (SSSR count). The molecule has 0 bridgehead atoms. The Kier molecular flexibility index (Phi) is 5.13. The van der Waals surface area contributed by atoms with E-state index in [9.17, 15) is 4.79 Å². The van der Waals surface area contributed by atoms with E-state index in [0.717, 1.165) is 23.2 Å². The zero-order valence-electron chi connectivity index (χ0n) is 14.1. The van der Waals surface area contributed by atoms with Crippen LogP contribution in [0.1, 0.15) is 35.2 Å². The van der Waals surface area contributed by atoms with Gasteiger partial charge in [-0.15, -0.1) is 0 Å². The number of hydrogen-bond donors (Lipinski definition) is 1. The van der Waals surface area contributed by atoms with Gasteiger partial charge in [-0.2, -0.15) is 0 Å². The fourth-order valence-electron chi connectivity index (χ4n) is 2.29. The number of nitrogens with one attached hydrogen (secondary N) is 1. The highest BCUT2D eigenvalue weighted by Crippen LogP contribution is 2.26. The highest BCUT2D eigenvalue weighted by molar-refractivity contribution is 5.91. The average molecular weight is 341 g/mol. The lowest BCUT2D eigenvalue weighted by Crippen LogP contribution is -2.23. The van der Waals surface area contributed by atoms with E-state index in [1.807, 2.05) is 44.2 Å². The number of carbonyl (C=O) groups is 1. The Morgan fingerprint density at radius 3 is 2.76 bits per heavy atom. The van der Waals surface area contributed by atoms with Gasteiger partial charge in [0.2, 0.25) is 5.76 Å². The fraction of sp³-hybridized carbons (Fsp3) is 0.278. The third kappa shape index (κ3) is 3.88. The topological polar surface area (TPSA) is 90.4 Å². The molecule has 0 fully saturated rings. The molecule has 0 aliphatic carbocycles. The molecular weight excluding hydrogens is 322 g/mol. The van der Waals surface area contributed by atoms with Crippen molar-refractivity contribution in [1.29, 1.82) is 0 Å². The summed E-state index contributed by atoms with van der Waals surface area (Å²) >= 11 is 0. The van der Waals surface area contributed by atoms with Crippen LogP contribution in [0.5, 0.6) is 5.88 Å². The number of rotatable bonds is 7. The molecule has 0 saturated heterocycles. The summed E-state index contributed by atoms with van der Waals surface area (Å²) in [4.78, 5) is 11.8. The highest BCUT2D eigenvalue weighted by atomic mass is 16.5. The average Bonchev–Trinajstić information content (AvgIpc) is 3.25. The van der Waals surface area contributed by atoms with Gasteiger partial charge in [0, 0.05) is 12.1 Å². The third-order valence-corrected chi connectivity index (χ3v) is 3.64. The van der Waals surface area contributed by atoms with Crippen molar-refractivity contribution in [3.05, 3.63) is 53.5 Å². The number of hydrogen-bond acceptors (Lipinski definition) is 6. The van der Waals surface area contributed by atoms with Crippen LogP contribution in [0.4, 0.5) is 0 Å². The predicted molar refractivity (Wildman–Crippen MR) is 90.1 cm³/mol. The van der Waals surface area contributed by atoms with Gasteiger partial charge in [-0.05, 0) is 18.5 Å². The molecule has 7 heteroatoms. The number of aromatic nitrogens is 2. The number of aryl methyl sites for hydroxylation is 1. The van der Waals surface area contributed by atoms with Crippen molar-refractivity contribution in [2.24, 2.45) is 0 Å². The van der Waals surface area contributed by atoms with Gasteiger partial charge in [-0.1, -0.05) is 42.4 Å². The molecule has 0 radical (unpaired) electrons. The smallest absolute Gasteiger partial charge is 0.290 e. The normalized spacial score (nSPS) is 10.6. The van der Waals surface area contributed by atoms with Crippen LogP contribution in [0.3, 0.4) is 0 Å². The molecule has 3 aromatic rings. The largest absolute Gasteiger partial charge is 0.470 e. The van der Waals surface area contributed by atoms with Crippen molar-refractivity contribution in [3.8, 4) is 17.1 Å². The maximum Gasteiger partial charge on any atom is 0.290 e. The van der Waals surface area contributed by atoms with Gasteiger partial charge in [0.15, 0.2) is 0 Å². The Morgan fingerprint density at radius 2 is 2.00 bits per heavy atom. The number of carbonyl (C=O) groups excluding carboxylic acids is 1. The summed E-state index contributed by atoms with van der Waals surface area (Å²) in [6.45, 7) is 4.59. The van der Waals surface area contributed by atoms with Gasteiger partial charge in [-0.3, -0.25) is 4.79 Å². The van der Waals surface area contributed by atoms with Gasteiger partial charge >= 0.3 is 0 Å². The second kappa shape index (κ2) is 7.65. The van der Waals surface area contributed by atoms with Crippen molar-refractivity contribution in [2.45, 2.75) is 26.9 Å². The van der Waals surface area contributed by atoms with E-state index in [2.05, 4.69) is 15.6 Å². The van der Waals surface area contributed by atoms with Crippen LogP contribution < -0.4 is 10.1 Å². The predicted octanol–water partition coefficient (Wildman–Crippen LogP) is 3.36. The van der Waals surface area contributed by atoms with Crippen molar-refractivity contribution in [1.82, 2.24) is 15.6 Å². The summed E-state index contributed by atoms with van der Waals surface area (Å²) in [7, 11) is 0. The molecule has 1 aromatic carbocycles. The molecule has 0 spiro atoms. The first-order valence-corrected chi connectivity index (χ1v) is 8.07. The number of benzene rings is 1. The van der Waals surface area contributed by atoms with E-state index in [1.54, 1.807) is 0 Å². The zero-order valence-corrected chi connectivity index (χ0v) is 14.1. The van der Waals surface area contributed by atoms with E-state index >= 15 is 0 Å². The minimum Gasteiger partial charge on any atom is -0.470 e. The molecule has 0 unspecified atom stereocenters. The minimum absolute atomic E-state index is 0.119. The summed E-state index contributed by atoms with van der Waals surface area (Å²) < 4.78 is 15.9. The molecule has 1 amide bonds. The Balaban J connectivity index is 1.70. The van der Waals surface area contributed by atoms with Gasteiger partial charge < -0.3 is 19.1 Å². The van der Waals surface area contributed by atoms with Crippen LogP contribution in [0.25, 0.3) is 11.3 Å². The summed E-state index contributed by atoms with van der Waals surface area (Å²) in [5.41, 5.74) is 2.49. The van der Waals surface area contributed by atoms with Gasteiger partial charge in [-0.25, -0.2) is 0 Å². The van der Waals surface area contributed by atoms with Crippen LogP contribution in [-0.2, 0) is 6.61 Å². The molecule has 25 heavy (non-hydrogen) atoms. The standard InChI is InChI=1S/C18H19N3O4/c1-3-9-19-18(22)15-10-16(20-25-15)23-11-14-12(2)24-21-17(14)13-7-5-4-6-8-13/h4-8,10H,3,9,11H2,1-2H3,(H,19,22). The number of amides is 1. The maximum absolute atomic E-state index is 11.8. The zero-order chi connectivity index (χ0) is 17.6. The van der Waals surface area contributed by atoms with E-state index < -0.39 is 0 Å². The second-order valence-electron chi connectivity index (χ2n) is 5.51. The Bertz CT molecular complexity index is 839. The summed E-state index contributed by atoms with van der Waals surface area (Å²) in [5.74, 6) is 0.716. The maximum atomic E-state index is 11.8. The van der Waals surface area contributed by atoms with E-state index in [0.29, 0.717) is 12.3 Å². The van der Waals surface area contributed by atoms with E-state index in [-0.39, 0.29) is 24.2 Å². The first kappa shape index (κ1) is 16.8. The molecule has 0 atom stereocenters. The molecule has 0 aliphatic heterocycles. The molecular formula is C18H19N3O4. The Hall–Kier alpha value is -3.09. The van der Waals surface area contributed by atoms with Gasteiger partial charge in [0.1, 0.15) is 18.1 Å². The lowest BCUT2D eigenvalue weighted by molar-refractivity contribution is 0.0916. The first-order chi connectivity index (χ1) is 12.2. The second-order valence-corrected chi connectivity index (χ2v) is 5.51. The summed E-state index contributed by atoms with van der Waals surface area (Å²) in [6, 6.07) is 11.2. The van der Waals surface area contributed by atoms with Crippen LogP contribution in [-0.4, -0.2) is 22.8 Å². The van der Waals surface area contributed by atoms with Crippen molar-refractivity contribution in [2.75, 3.05) is 6.54 Å². The van der Waals surface area contributed by atoms with Crippen LogP contribution in [0.2, 0.25) is 0 Å². The van der Waals surface area contributed by atoms with Crippen LogP contribution in [0, 0.1) is 6.92 Å². The Morgan fingerprint density at radius 1 is 1.20 bits per heavy atom. The lowest BCUT2D eigenvalue weighted by atomic mass is 10.1. The summed E-state index contributed by atoms with van der Waals surface area (Å²) in [5, 5.41) is 10.6. The third-order valence-electron chi connectivity index (χ3n) is 3.64. The van der Waals surface area contributed by atoms with Crippen LogP contribution in [0.15, 0.2) is 45.4 Å². The molecule has 7 nitrogen and oxygen atoms in total. The molecule has 130 valence electrons. The lowest BCUT2D eigenvalue weighted by Gasteiger charge is -2.03. The minimum atomic E-state index is -0.310. The molecule has 0 aliphatic rings. The summed E-state index contributed by atoms with van der Waals surface area (Å²) in [6.07, 6.45) is 0.845. The van der Waals surface area contributed by atoms with E-state index in [4.69, 9.17) is 13.8 Å². The van der Waals surface area contributed by atoms with E-state index in [1.165, 1.54) is 6.07 Å². The van der Waals surface area contributed by atoms with Gasteiger partial charge in [0.25, 0.3) is 11.8 Å². The molecule has 1 N–H and O–H groups in total. The van der Waals surface area contributed by atoms with Gasteiger partial charge in [0.05, 0.1) is 11.6 Å². The van der Waals surface area contributed by atoms with Crippen molar-refractivity contribution >= 4 is 5.91 Å². The first-order valence-electron chi connectivity index (χ1n) is 8.07. The Labute approximate surface area is 144 Å². The number of nitrogens with zero attached hydrogens (tertiary/aromatic N) is 2. The molecule has 2 aromatic heterocycles. The quantitative estimate of drug-likeness (QED) is 0.708. The molecule has 0 saturated carbocycles. The fourth-order valence-corrected chi connectivity index (χ4v) is 2.29. The van der Waals surface area contributed by atoms with Crippen LogP contribution >= 0.6 is 0 Å². The SMILES string of the molecule is CCCNC(=O)c1cc(OCc2c(-c3ccccc3)noc2C)no1. The highest BCUT2D eigenvalue weighted by Gasteiger charge is 2.17. The molecule has 2 heterocycles. The van der Waals surface area contributed by atoms with Crippen molar-refractivity contribution < 1.29 is 18.6 Å².